The van der Waals surface area contributed by atoms with Gasteiger partial charge in [0.05, 0.1) is 17.3 Å². The lowest BCUT2D eigenvalue weighted by atomic mass is 10.1. The highest BCUT2D eigenvalue weighted by Crippen LogP contribution is 2.25. The van der Waals surface area contributed by atoms with E-state index >= 15 is 0 Å². The molecule has 0 fully saturated rings. The molecular weight excluding hydrogens is 378 g/mol. The number of sulfonamides is 1. The monoisotopic (exact) mass is 399 g/mol. The number of aromatic nitrogens is 1. The minimum absolute atomic E-state index is 0.0274. The molecule has 1 heterocycles. The average Bonchev–Trinajstić information content (AvgIpc) is 3.01. The predicted molar refractivity (Wildman–Crippen MR) is 106 cm³/mol. The van der Waals surface area contributed by atoms with Gasteiger partial charge in [-0.05, 0) is 38.5 Å². The van der Waals surface area contributed by atoms with Gasteiger partial charge in [0, 0.05) is 0 Å². The maximum absolute atomic E-state index is 12.8. The van der Waals surface area contributed by atoms with Crippen molar-refractivity contribution in [2.45, 2.75) is 31.7 Å². The molecule has 3 rings (SSSR count). The van der Waals surface area contributed by atoms with E-state index in [-0.39, 0.29) is 39.5 Å². The van der Waals surface area contributed by atoms with Gasteiger partial charge in [0.1, 0.15) is 5.69 Å². The number of para-hydroxylation sites is 1. The van der Waals surface area contributed by atoms with Crippen LogP contribution in [-0.4, -0.2) is 19.5 Å². The van der Waals surface area contributed by atoms with E-state index in [9.17, 15) is 13.2 Å². The summed E-state index contributed by atoms with van der Waals surface area (Å²) in [5.74, 6) is -0.196. The Morgan fingerprint density at radius 1 is 1.04 bits per heavy atom. The summed E-state index contributed by atoms with van der Waals surface area (Å²) >= 11 is 0. The van der Waals surface area contributed by atoms with Crippen LogP contribution < -0.4 is 10.0 Å². The van der Waals surface area contributed by atoms with Crippen molar-refractivity contribution in [3.05, 3.63) is 77.2 Å². The first-order valence-corrected chi connectivity index (χ1v) is 10.2. The van der Waals surface area contributed by atoms with Gasteiger partial charge in [-0.3, -0.25) is 9.52 Å². The highest BCUT2D eigenvalue weighted by molar-refractivity contribution is 7.92. The van der Waals surface area contributed by atoms with Gasteiger partial charge in [0.2, 0.25) is 0 Å². The smallest absolute Gasteiger partial charge is 0.267 e. The number of amides is 1. The minimum atomic E-state index is -3.95. The first-order valence-electron chi connectivity index (χ1n) is 8.70. The fourth-order valence-electron chi connectivity index (χ4n) is 2.92. The number of carbonyl (C=O) groups is 1. The number of hydrogen-bond donors (Lipinski definition) is 2. The van der Waals surface area contributed by atoms with Gasteiger partial charge in [-0.1, -0.05) is 47.6 Å². The van der Waals surface area contributed by atoms with E-state index in [1.807, 2.05) is 37.3 Å². The number of rotatable bonds is 6. The topological polar surface area (TPSA) is 101 Å². The zero-order valence-corrected chi connectivity index (χ0v) is 16.6. The molecule has 146 valence electrons. The molecule has 0 radical (unpaired) electrons. The van der Waals surface area contributed by atoms with E-state index in [0.29, 0.717) is 0 Å². The van der Waals surface area contributed by atoms with Crippen molar-refractivity contribution in [1.82, 2.24) is 10.5 Å². The summed E-state index contributed by atoms with van der Waals surface area (Å²) < 4.78 is 33.0. The average molecular weight is 399 g/mol. The number of nitrogens with one attached hydrogen (secondary N) is 2. The molecule has 0 bridgehead atoms. The zero-order valence-electron chi connectivity index (χ0n) is 15.8. The minimum Gasteiger partial charge on any atom is -0.360 e. The van der Waals surface area contributed by atoms with Crippen LogP contribution in [0.1, 0.15) is 40.3 Å². The summed E-state index contributed by atoms with van der Waals surface area (Å²) in [6, 6.07) is 15.7. The van der Waals surface area contributed by atoms with Crippen LogP contribution in [0.25, 0.3) is 0 Å². The Hall–Kier alpha value is -3.13. The molecule has 2 aromatic carbocycles. The van der Waals surface area contributed by atoms with Gasteiger partial charge >= 0.3 is 0 Å². The van der Waals surface area contributed by atoms with Crippen molar-refractivity contribution < 1.29 is 17.7 Å². The zero-order chi connectivity index (χ0) is 20.3. The van der Waals surface area contributed by atoms with Gasteiger partial charge in [-0.25, -0.2) is 8.42 Å². The third-order valence-corrected chi connectivity index (χ3v) is 5.91. The molecule has 0 aliphatic carbocycles. The number of benzene rings is 2. The molecule has 1 aromatic heterocycles. The molecule has 0 aliphatic heterocycles. The second kappa shape index (κ2) is 7.85. The van der Waals surface area contributed by atoms with Crippen molar-refractivity contribution in [2.75, 3.05) is 4.72 Å². The Balaban J connectivity index is 1.86. The van der Waals surface area contributed by atoms with Crippen LogP contribution >= 0.6 is 0 Å². The summed E-state index contributed by atoms with van der Waals surface area (Å²) in [4.78, 5) is 12.8. The maximum atomic E-state index is 12.8. The molecule has 0 unspecified atom stereocenters. The molecule has 0 aliphatic rings. The van der Waals surface area contributed by atoms with Gasteiger partial charge < -0.3 is 9.84 Å². The summed E-state index contributed by atoms with van der Waals surface area (Å²) in [5, 5.41) is 6.57. The molecule has 3 aromatic rings. The lowest BCUT2D eigenvalue weighted by Gasteiger charge is -2.16. The summed E-state index contributed by atoms with van der Waals surface area (Å²) in [5.41, 5.74) is 1.61. The number of hydrogen-bond acceptors (Lipinski definition) is 5. The summed E-state index contributed by atoms with van der Waals surface area (Å²) in [7, 11) is -3.95. The van der Waals surface area contributed by atoms with Gasteiger partial charge in [0.25, 0.3) is 15.9 Å². The lowest BCUT2D eigenvalue weighted by molar-refractivity contribution is 0.0941. The largest absolute Gasteiger partial charge is 0.360 e. The van der Waals surface area contributed by atoms with Crippen LogP contribution in [0.4, 0.5) is 5.69 Å². The van der Waals surface area contributed by atoms with E-state index in [1.54, 1.807) is 25.1 Å². The first kappa shape index (κ1) is 19.6. The highest BCUT2D eigenvalue weighted by Gasteiger charge is 2.26. The summed E-state index contributed by atoms with van der Waals surface area (Å²) in [6.45, 7) is 4.93. The molecule has 0 spiro atoms. The Kier molecular flexibility index (Phi) is 5.51. The predicted octanol–water partition coefficient (Wildman–Crippen LogP) is 3.58. The van der Waals surface area contributed by atoms with E-state index in [1.165, 1.54) is 13.0 Å². The number of nitrogens with zero attached hydrogens (tertiary/aromatic N) is 1. The Labute approximate surface area is 163 Å². The molecule has 0 saturated heterocycles. The molecular formula is C20H21N3O4S. The third kappa shape index (κ3) is 4.07. The molecule has 0 saturated carbocycles. The van der Waals surface area contributed by atoms with Crippen LogP contribution in [0.15, 0.2) is 64.0 Å². The van der Waals surface area contributed by atoms with Crippen molar-refractivity contribution in [1.29, 1.82) is 0 Å². The normalized spacial score (nSPS) is 12.4. The van der Waals surface area contributed by atoms with E-state index in [0.717, 1.165) is 5.56 Å². The molecule has 1 atom stereocenters. The Morgan fingerprint density at radius 3 is 2.32 bits per heavy atom. The van der Waals surface area contributed by atoms with Gasteiger partial charge in [-0.15, -0.1) is 0 Å². The Morgan fingerprint density at radius 2 is 1.68 bits per heavy atom. The van der Waals surface area contributed by atoms with Crippen LogP contribution in [0.2, 0.25) is 0 Å². The third-order valence-electron chi connectivity index (χ3n) is 4.30. The first-order chi connectivity index (χ1) is 13.3. The van der Waals surface area contributed by atoms with Crippen LogP contribution in [0.3, 0.4) is 0 Å². The number of aryl methyl sites for hydroxylation is 2. The van der Waals surface area contributed by atoms with E-state index in [2.05, 4.69) is 15.2 Å². The quantitative estimate of drug-likeness (QED) is 0.660. The second-order valence-corrected chi connectivity index (χ2v) is 8.03. The highest BCUT2D eigenvalue weighted by atomic mass is 32.2. The van der Waals surface area contributed by atoms with Crippen molar-refractivity contribution in [3.63, 3.8) is 0 Å². The van der Waals surface area contributed by atoms with Gasteiger partial charge in [-0.2, -0.15) is 0 Å². The fraction of sp³-hybridized carbons (Fsp3) is 0.200. The number of carbonyl (C=O) groups excluding carboxylic acids is 1. The molecule has 7 nitrogen and oxygen atoms in total. The van der Waals surface area contributed by atoms with Crippen LogP contribution in [-0.2, 0) is 10.0 Å². The molecule has 28 heavy (non-hydrogen) atoms. The van der Waals surface area contributed by atoms with E-state index in [4.69, 9.17) is 4.52 Å². The van der Waals surface area contributed by atoms with Crippen molar-refractivity contribution in [2.24, 2.45) is 0 Å². The lowest BCUT2D eigenvalue weighted by Crippen LogP contribution is -2.28. The summed E-state index contributed by atoms with van der Waals surface area (Å²) in [6.07, 6.45) is 0. The molecule has 1 amide bonds. The SMILES string of the molecule is Cc1noc(C)c1S(=O)(=O)Nc1ccccc1C(=O)N[C@@H](C)c1ccccc1. The van der Waals surface area contributed by atoms with Crippen LogP contribution in [0.5, 0.6) is 0 Å². The van der Waals surface area contributed by atoms with Crippen LogP contribution in [0, 0.1) is 13.8 Å². The fourth-order valence-corrected chi connectivity index (χ4v) is 4.34. The number of anilines is 1. The van der Waals surface area contributed by atoms with Crippen molar-refractivity contribution in [3.8, 4) is 0 Å². The maximum Gasteiger partial charge on any atom is 0.267 e. The second-order valence-electron chi connectivity index (χ2n) is 6.41. The molecule has 8 heteroatoms. The van der Waals surface area contributed by atoms with E-state index < -0.39 is 10.0 Å². The van der Waals surface area contributed by atoms with Gasteiger partial charge in [0.15, 0.2) is 10.7 Å². The Bertz CT molecular complexity index is 1070. The molecule has 2 N–H and O–H groups in total. The van der Waals surface area contributed by atoms with Crippen molar-refractivity contribution >= 4 is 21.6 Å². The standard InChI is InChI=1S/C20H21N3O4S/c1-13(16-9-5-4-6-10-16)21-20(24)17-11-7-8-12-18(17)23-28(25,26)19-14(2)22-27-15(19)3/h4-13,23H,1-3H3,(H,21,24)/t13-/m0/s1.